The van der Waals surface area contributed by atoms with Gasteiger partial charge in [-0.25, -0.2) is 4.98 Å². The summed E-state index contributed by atoms with van der Waals surface area (Å²) in [4.78, 5) is 17.6. The number of carbonyl (C=O) groups is 1. The first-order chi connectivity index (χ1) is 8.19. The van der Waals surface area contributed by atoms with Crippen LogP contribution in [0.25, 0.3) is 11.3 Å². The van der Waals surface area contributed by atoms with E-state index in [0.29, 0.717) is 5.82 Å². The highest BCUT2D eigenvalue weighted by Gasteiger charge is 2.06. The van der Waals surface area contributed by atoms with Gasteiger partial charge in [0.1, 0.15) is 12.2 Å². The van der Waals surface area contributed by atoms with Gasteiger partial charge in [-0.1, -0.05) is 31.2 Å². The van der Waals surface area contributed by atoms with Crippen LogP contribution >= 0.6 is 0 Å². The molecule has 0 aliphatic rings. The zero-order chi connectivity index (χ0) is 12.3. The highest BCUT2D eigenvalue weighted by atomic mass is 16.4. The van der Waals surface area contributed by atoms with Gasteiger partial charge in [0, 0.05) is 0 Å². The summed E-state index contributed by atoms with van der Waals surface area (Å²) in [5, 5.41) is 8.66. The van der Waals surface area contributed by atoms with E-state index >= 15 is 0 Å². The SMILES string of the molecule is CCc1ccc(-c2cnc(CC(=O)O)[nH]2)cc1. The number of rotatable bonds is 4. The number of imidazole rings is 1. The van der Waals surface area contributed by atoms with E-state index < -0.39 is 5.97 Å². The van der Waals surface area contributed by atoms with Crippen LogP contribution in [-0.4, -0.2) is 21.0 Å². The van der Waals surface area contributed by atoms with Crippen molar-refractivity contribution in [3.63, 3.8) is 0 Å². The van der Waals surface area contributed by atoms with Gasteiger partial charge in [0.05, 0.1) is 11.9 Å². The highest BCUT2D eigenvalue weighted by molar-refractivity contribution is 5.69. The first kappa shape index (κ1) is 11.4. The summed E-state index contributed by atoms with van der Waals surface area (Å²) in [6.07, 6.45) is 2.60. The van der Waals surface area contributed by atoms with E-state index in [2.05, 4.69) is 29.0 Å². The molecule has 4 nitrogen and oxygen atoms in total. The average Bonchev–Trinajstić information content (AvgIpc) is 2.77. The van der Waals surface area contributed by atoms with Crippen LogP contribution in [0.1, 0.15) is 18.3 Å². The number of benzene rings is 1. The summed E-state index contributed by atoms with van der Waals surface area (Å²) >= 11 is 0. The molecule has 4 heteroatoms. The fourth-order valence-electron chi connectivity index (χ4n) is 1.66. The van der Waals surface area contributed by atoms with Crippen LogP contribution in [0.4, 0.5) is 0 Å². The summed E-state index contributed by atoms with van der Waals surface area (Å²) in [5.74, 6) is -0.403. The molecule has 0 aliphatic heterocycles. The molecule has 0 atom stereocenters. The van der Waals surface area contributed by atoms with Gasteiger partial charge in [0.2, 0.25) is 0 Å². The Kier molecular flexibility index (Phi) is 3.23. The second kappa shape index (κ2) is 4.82. The van der Waals surface area contributed by atoms with Crippen molar-refractivity contribution >= 4 is 5.97 Å². The molecule has 0 unspecified atom stereocenters. The molecule has 2 rings (SSSR count). The van der Waals surface area contributed by atoms with Crippen molar-refractivity contribution < 1.29 is 9.90 Å². The van der Waals surface area contributed by atoms with E-state index in [1.54, 1.807) is 6.20 Å². The molecule has 0 aliphatic carbocycles. The number of H-pyrrole nitrogens is 1. The van der Waals surface area contributed by atoms with Crippen molar-refractivity contribution in [2.24, 2.45) is 0 Å². The zero-order valence-electron chi connectivity index (χ0n) is 9.60. The molecule has 1 aromatic carbocycles. The Bertz CT molecular complexity index is 514. The lowest BCUT2D eigenvalue weighted by molar-refractivity contribution is -0.136. The third kappa shape index (κ3) is 2.72. The smallest absolute Gasteiger partial charge is 0.311 e. The molecule has 0 bridgehead atoms. The van der Waals surface area contributed by atoms with Crippen molar-refractivity contribution in [3.8, 4) is 11.3 Å². The molecule has 0 saturated heterocycles. The average molecular weight is 230 g/mol. The first-order valence-corrected chi connectivity index (χ1v) is 5.54. The van der Waals surface area contributed by atoms with Gasteiger partial charge in [-0.05, 0) is 17.5 Å². The minimum atomic E-state index is -0.882. The summed E-state index contributed by atoms with van der Waals surface area (Å²) in [5.41, 5.74) is 3.15. The van der Waals surface area contributed by atoms with Crippen LogP contribution in [-0.2, 0) is 17.6 Å². The number of nitrogens with zero attached hydrogens (tertiary/aromatic N) is 1. The van der Waals surface area contributed by atoms with Crippen molar-refractivity contribution in [2.75, 3.05) is 0 Å². The van der Waals surface area contributed by atoms with Gasteiger partial charge >= 0.3 is 5.97 Å². The second-order valence-electron chi connectivity index (χ2n) is 3.86. The van der Waals surface area contributed by atoms with Crippen LogP contribution in [0.2, 0.25) is 0 Å². The zero-order valence-corrected chi connectivity index (χ0v) is 9.60. The van der Waals surface area contributed by atoms with Crippen LogP contribution < -0.4 is 0 Å². The predicted molar refractivity (Wildman–Crippen MR) is 64.7 cm³/mol. The van der Waals surface area contributed by atoms with Crippen LogP contribution in [0.15, 0.2) is 30.5 Å². The quantitative estimate of drug-likeness (QED) is 0.846. The fourth-order valence-corrected chi connectivity index (χ4v) is 1.66. The Morgan fingerprint density at radius 2 is 2.06 bits per heavy atom. The first-order valence-electron chi connectivity index (χ1n) is 5.54. The van der Waals surface area contributed by atoms with E-state index in [1.807, 2.05) is 12.1 Å². The largest absolute Gasteiger partial charge is 0.481 e. The van der Waals surface area contributed by atoms with E-state index in [0.717, 1.165) is 17.7 Å². The maximum atomic E-state index is 10.5. The molecule has 17 heavy (non-hydrogen) atoms. The summed E-state index contributed by atoms with van der Waals surface area (Å²) in [6, 6.07) is 8.15. The van der Waals surface area contributed by atoms with Crippen LogP contribution in [0.5, 0.6) is 0 Å². The van der Waals surface area contributed by atoms with Gasteiger partial charge < -0.3 is 10.1 Å². The number of hydrogen-bond acceptors (Lipinski definition) is 2. The minimum Gasteiger partial charge on any atom is -0.481 e. The lowest BCUT2D eigenvalue weighted by atomic mass is 10.1. The number of aromatic nitrogens is 2. The molecule has 0 spiro atoms. The minimum absolute atomic E-state index is 0.0763. The van der Waals surface area contributed by atoms with Gasteiger partial charge in [-0.3, -0.25) is 4.79 Å². The molecule has 2 aromatic rings. The van der Waals surface area contributed by atoms with Crippen LogP contribution in [0, 0.1) is 0 Å². The Labute approximate surface area is 99.3 Å². The summed E-state index contributed by atoms with van der Waals surface area (Å²) < 4.78 is 0. The van der Waals surface area contributed by atoms with Gasteiger partial charge in [0.15, 0.2) is 0 Å². The maximum Gasteiger partial charge on any atom is 0.311 e. The number of aromatic amines is 1. The molecule has 2 N–H and O–H groups in total. The van der Waals surface area contributed by atoms with Crippen LogP contribution in [0.3, 0.4) is 0 Å². The summed E-state index contributed by atoms with van der Waals surface area (Å²) in [6.45, 7) is 2.11. The maximum absolute atomic E-state index is 10.5. The van der Waals surface area contributed by atoms with E-state index in [9.17, 15) is 4.79 Å². The molecule has 88 valence electrons. The van der Waals surface area contributed by atoms with Crippen molar-refractivity contribution in [3.05, 3.63) is 41.9 Å². The molecular weight excluding hydrogens is 216 g/mol. The summed E-state index contributed by atoms with van der Waals surface area (Å²) in [7, 11) is 0. The number of nitrogens with one attached hydrogen (secondary N) is 1. The van der Waals surface area contributed by atoms with E-state index in [1.165, 1.54) is 5.56 Å². The molecule has 0 amide bonds. The number of hydrogen-bond donors (Lipinski definition) is 2. The normalized spacial score (nSPS) is 10.4. The molecule has 0 saturated carbocycles. The predicted octanol–water partition coefficient (Wildman–Crippen LogP) is 2.27. The number of carboxylic acids is 1. The van der Waals surface area contributed by atoms with Crippen molar-refractivity contribution in [2.45, 2.75) is 19.8 Å². The highest BCUT2D eigenvalue weighted by Crippen LogP contribution is 2.18. The number of carboxylic acid groups (broad SMARTS) is 1. The standard InChI is InChI=1S/C13H14N2O2/c1-2-9-3-5-10(6-4-9)11-8-14-12(15-11)7-13(16)17/h3-6,8H,2,7H2,1H3,(H,14,15)(H,16,17). The third-order valence-electron chi connectivity index (χ3n) is 2.62. The molecule has 1 heterocycles. The van der Waals surface area contributed by atoms with E-state index in [4.69, 9.17) is 5.11 Å². The lowest BCUT2D eigenvalue weighted by Gasteiger charge is -1.99. The second-order valence-corrected chi connectivity index (χ2v) is 3.86. The Hall–Kier alpha value is -2.10. The molecular formula is C13H14N2O2. The molecule has 1 aromatic heterocycles. The molecule has 0 fully saturated rings. The van der Waals surface area contributed by atoms with Crippen molar-refractivity contribution in [1.82, 2.24) is 9.97 Å². The Balaban J connectivity index is 2.21. The monoisotopic (exact) mass is 230 g/mol. The number of aryl methyl sites for hydroxylation is 1. The van der Waals surface area contributed by atoms with Gasteiger partial charge in [-0.15, -0.1) is 0 Å². The van der Waals surface area contributed by atoms with Gasteiger partial charge in [0.25, 0.3) is 0 Å². The third-order valence-corrected chi connectivity index (χ3v) is 2.62. The molecule has 0 radical (unpaired) electrons. The Morgan fingerprint density at radius 3 is 2.65 bits per heavy atom. The van der Waals surface area contributed by atoms with Gasteiger partial charge in [-0.2, -0.15) is 0 Å². The lowest BCUT2D eigenvalue weighted by Crippen LogP contribution is -2.01. The van der Waals surface area contributed by atoms with Crippen molar-refractivity contribution in [1.29, 1.82) is 0 Å². The topological polar surface area (TPSA) is 66.0 Å². The fraction of sp³-hybridized carbons (Fsp3) is 0.231. The van der Waals surface area contributed by atoms with E-state index in [-0.39, 0.29) is 6.42 Å². The number of aliphatic carboxylic acids is 1. The Morgan fingerprint density at radius 1 is 1.35 bits per heavy atom.